The summed E-state index contributed by atoms with van der Waals surface area (Å²) < 4.78 is 7.45. The Kier molecular flexibility index (Phi) is 6.07. The number of carboxylic acid groups (broad SMARTS) is 1. The van der Waals surface area contributed by atoms with E-state index in [2.05, 4.69) is 20.8 Å². The topological polar surface area (TPSA) is 140 Å². The molecule has 0 saturated carbocycles. The van der Waals surface area contributed by atoms with Gasteiger partial charge in [-0.3, -0.25) is 19.0 Å². The molecule has 11 heteroatoms. The van der Waals surface area contributed by atoms with Gasteiger partial charge in [-0.2, -0.15) is 10.2 Å². The van der Waals surface area contributed by atoms with Crippen LogP contribution < -0.4 is 10.6 Å². The van der Waals surface area contributed by atoms with Crippen LogP contribution >= 0.6 is 0 Å². The van der Waals surface area contributed by atoms with E-state index in [0.29, 0.717) is 13.2 Å². The molecule has 140 valence electrons. The maximum absolute atomic E-state index is 12.5. The Hall–Kier alpha value is -3.21. The van der Waals surface area contributed by atoms with Crippen molar-refractivity contribution in [2.75, 3.05) is 25.6 Å². The molecule has 0 aliphatic carbocycles. The Morgan fingerprint density at radius 2 is 2.04 bits per heavy atom. The van der Waals surface area contributed by atoms with Crippen LogP contribution in [0.3, 0.4) is 0 Å². The molecule has 0 aliphatic heterocycles. The second kappa shape index (κ2) is 8.25. The lowest BCUT2D eigenvalue weighted by atomic mass is 10.2. The van der Waals surface area contributed by atoms with Gasteiger partial charge in [-0.25, -0.2) is 4.79 Å². The summed E-state index contributed by atoms with van der Waals surface area (Å²) in [6, 6.07) is 0. The smallest absolute Gasteiger partial charge is 0.354 e. The largest absolute Gasteiger partial charge is 0.477 e. The van der Waals surface area contributed by atoms with Crippen molar-refractivity contribution in [3.05, 3.63) is 29.3 Å². The van der Waals surface area contributed by atoms with E-state index < -0.39 is 17.8 Å². The highest BCUT2D eigenvalue weighted by atomic mass is 16.5. The van der Waals surface area contributed by atoms with Crippen molar-refractivity contribution in [3.8, 4) is 0 Å². The van der Waals surface area contributed by atoms with E-state index in [1.807, 2.05) is 6.92 Å². The second-order valence-electron chi connectivity index (χ2n) is 5.29. The zero-order valence-electron chi connectivity index (χ0n) is 14.6. The Bertz CT molecular complexity index is 825. The highest BCUT2D eigenvalue weighted by molar-refractivity contribution is 6.12. The van der Waals surface area contributed by atoms with Crippen LogP contribution in [-0.2, 0) is 18.3 Å². The van der Waals surface area contributed by atoms with Crippen molar-refractivity contribution in [2.24, 2.45) is 7.05 Å². The third-order valence-corrected chi connectivity index (χ3v) is 3.53. The first-order chi connectivity index (χ1) is 12.4. The van der Waals surface area contributed by atoms with Crippen molar-refractivity contribution >= 4 is 23.5 Å². The summed E-state index contributed by atoms with van der Waals surface area (Å²) in [5, 5.41) is 22.3. The van der Waals surface area contributed by atoms with E-state index in [1.54, 1.807) is 0 Å². The molecular weight excluding hydrogens is 344 g/mol. The third-order valence-electron chi connectivity index (χ3n) is 3.53. The third kappa shape index (κ3) is 4.06. The lowest BCUT2D eigenvalue weighted by Crippen LogP contribution is -2.28. The summed E-state index contributed by atoms with van der Waals surface area (Å²) in [7, 11) is 2.93. The van der Waals surface area contributed by atoms with Gasteiger partial charge in [-0.1, -0.05) is 0 Å². The van der Waals surface area contributed by atoms with E-state index in [1.165, 1.54) is 25.0 Å². The monoisotopic (exact) mass is 364 g/mol. The van der Waals surface area contributed by atoms with Gasteiger partial charge in [0.2, 0.25) is 0 Å². The number of methoxy groups -OCH3 is 1. The second-order valence-corrected chi connectivity index (χ2v) is 5.29. The number of anilines is 1. The van der Waals surface area contributed by atoms with Gasteiger partial charge >= 0.3 is 5.97 Å². The van der Waals surface area contributed by atoms with Crippen molar-refractivity contribution in [1.82, 2.24) is 24.9 Å². The summed E-state index contributed by atoms with van der Waals surface area (Å²) in [6.07, 6.45) is 2.65. The van der Waals surface area contributed by atoms with Crippen LogP contribution in [0.5, 0.6) is 0 Å². The van der Waals surface area contributed by atoms with Crippen molar-refractivity contribution in [2.45, 2.75) is 13.5 Å². The van der Waals surface area contributed by atoms with Crippen LogP contribution in [0.4, 0.5) is 5.69 Å². The maximum Gasteiger partial charge on any atom is 0.354 e. The Morgan fingerprint density at radius 3 is 2.65 bits per heavy atom. The number of aryl methyl sites for hydroxylation is 2. The van der Waals surface area contributed by atoms with Gasteiger partial charge in [0.05, 0.1) is 24.1 Å². The van der Waals surface area contributed by atoms with Crippen LogP contribution in [0.1, 0.15) is 38.3 Å². The number of ether oxygens (including phenoxy) is 1. The van der Waals surface area contributed by atoms with Gasteiger partial charge < -0.3 is 20.5 Å². The highest BCUT2D eigenvalue weighted by Gasteiger charge is 2.24. The van der Waals surface area contributed by atoms with Crippen LogP contribution in [0.15, 0.2) is 12.4 Å². The van der Waals surface area contributed by atoms with Gasteiger partial charge in [0.25, 0.3) is 11.8 Å². The van der Waals surface area contributed by atoms with E-state index in [-0.39, 0.29) is 29.2 Å². The van der Waals surface area contributed by atoms with Crippen LogP contribution in [0.2, 0.25) is 0 Å². The average Bonchev–Trinajstić information content (AvgIpc) is 3.18. The van der Waals surface area contributed by atoms with Gasteiger partial charge in [0, 0.05) is 33.4 Å². The normalized spacial score (nSPS) is 10.6. The predicted octanol–water partition coefficient (Wildman–Crippen LogP) is -0.0368. The van der Waals surface area contributed by atoms with Crippen LogP contribution in [0, 0.1) is 0 Å². The standard InChI is InChI=1S/C15H20N6O5/c1-4-21-8-10(11(19-21)14(23)16-5-6-26-3)18-13(22)9-7-17-20(2)12(9)15(24)25/h7-8H,4-6H2,1-3H3,(H,16,23)(H,18,22)(H,24,25). The fourth-order valence-electron chi connectivity index (χ4n) is 2.24. The first-order valence-corrected chi connectivity index (χ1v) is 7.80. The molecule has 0 radical (unpaired) electrons. The number of rotatable bonds is 8. The molecule has 0 saturated heterocycles. The molecular formula is C15H20N6O5. The maximum atomic E-state index is 12.5. The summed E-state index contributed by atoms with van der Waals surface area (Å²) in [4.78, 5) is 36.0. The number of aromatic carboxylic acids is 1. The fourth-order valence-corrected chi connectivity index (χ4v) is 2.24. The minimum atomic E-state index is -1.28. The molecule has 2 aromatic heterocycles. The highest BCUT2D eigenvalue weighted by Crippen LogP contribution is 2.17. The van der Waals surface area contributed by atoms with Gasteiger partial charge in [-0.15, -0.1) is 0 Å². The Balaban J connectivity index is 2.26. The molecule has 3 N–H and O–H groups in total. The molecule has 2 heterocycles. The van der Waals surface area contributed by atoms with Crippen molar-refractivity contribution < 1.29 is 24.2 Å². The molecule has 2 rings (SSSR count). The molecule has 2 amide bonds. The number of carbonyl (C=O) groups is 3. The molecule has 0 aromatic carbocycles. The molecule has 0 aliphatic rings. The number of nitrogens with zero attached hydrogens (tertiary/aromatic N) is 4. The molecule has 2 aromatic rings. The quantitative estimate of drug-likeness (QED) is 0.558. The predicted molar refractivity (Wildman–Crippen MR) is 90.2 cm³/mol. The lowest BCUT2D eigenvalue weighted by Gasteiger charge is -2.06. The lowest BCUT2D eigenvalue weighted by molar-refractivity contribution is 0.0680. The number of amides is 2. The molecule has 0 atom stereocenters. The summed E-state index contributed by atoms with van der Waals surface area (Å²) >= 11 is 0. The first-order valence-electron chi connectivity index (χ1n) is 7.80. The number of hydrogen-bond donors (Lipinski definition) is 3. The van der Waals surface area contributed by atoms with Crippen molar-refractivity contribution in [1.29, 1.82) is 0 Å². The number of carboxylic acids is 1. The van der Waals surface area contributed by atoms with E-state index in [9.17, 15) is 19.5 Å². The number of hydrogen-bond acceptors (Lipinski definition) is 6. The Labute approximate surface area is 148 Å². The zero-order valence-corrected chi connectivity index (χ0v) is 14.6. The van der Waals surface area contributed by atoms with E-state index >= 15 is 0 Å². The van der Waals surface area contributed by atoms with Crippen molar-refractivity contribution in [3.63, 3.8) is 0 Å². The molecule has 0 bridgehead atoms. The minimum Gasteiger partial charge on any atom is -0.477 e. The van der Waals surface area contributed by atoms with Gasteiger partial charge in [0.15, 0.2) is 11.4 Å². The average molecular weight is 364 g/mol. The number of nitrogens with one attached hydrogen (secondary N) is 2. The van der Waals surface area contributed by atoms with E-state index in [0.717, 1.165) is 10.9 Å². The summed E-state index contributed by atoms with van der Waals surface area (Å²) in [6.45, 7) is 2.93. The number of aromatic nitrogens is 4. The SMILES string of the molecule is CCn1cc(NC(=O)c2cnn(C)c2C(=O)O)c(C(=O)NCCOC)n1. The molecule has 0 unspecified atom stereocenters. The van der Waals surface area contributed by atoms with Crippen LogP contribution in [-0.4, -0.2) is 62.7 Å². The fraction of sp³-hybridized carbons (Fsp3) is 0.400. The van der Waals surface area contributed by atoms with Crippen LogP contribution in [0.25, 0.3) is 0 Å². The molecule has 0 spiro atoms. The zero-order chi connectivity index (χ0) is 19.3. The molecule has 0 fully saturated rings. The molecule has 11 nitrogen and oxygen atoms in total. The summed E-state index contributed by atoms with van der Waals surface area (Å²) in [5.74, 6) is -2.46. The minimum absolute atomic E-state index is 0.0251. The first kappa shape index (κ1) is 19.1. The van der Waals surface area contributed by atoms with Gasteiger partial charge in [0.1, 0.15) is 0 Å². The van der Waals surface area contributed by atoms with Gasteiger partial charge in [-0.05, 0) is 6.92 Å². The Morgan fingerprint density at radius 1 is 1.31 bits per heavy atom. The molecule has 26 heavy (non-hydrogen) atoms. The number of carbonyl (C=O) groups excluding carboxylic acids is 2. The van der Waals surface area contributed by atoms with E-state index in [4.69, 9.17) is 4.74 Å². The summed E-state index contributed by atoms with van der Waals surface area (Å²) in [5.41, 5.74) is -0.171.